The van der Waals surface area contributed by atoms with E-state index in [9.17, 15) is 4.79 Å². The first-order chi connectivity index (χ1) is 6.93. The fourth-order valence-corrected chi connectivity index (χ4v) is 5.79. The molecule has 6 heteroatoms. The standard InChI is InChI=1S/C9H19NO3PS/c1-7(2)13-9(11)8(3)10-14(4)12-5-6-15-14/h7-8,10H,5-6H2,1-4H3/q+1. The molecule has 2 unspecified atom stereocenters. The van der Waals surface area contributed by atoms with E-state index >= 15 is 0 Å². The van der Waals surface area contributed by atoms with Crippen LogP contribution in [0.4, 0.5) is 0 Å². The monoisotopic (exact) mass is 252 g/mol. The Hall–Kier alpha value is 0.170. The topological polar surface area (TPSA) is 47.6 Å². The molecule has 0 aromatic heterocycles. The first kappa shape index (κ1) is 13.2. The average Bonchev–Trinajstić information content (AvgIpc) is 2.50. The Morgan fingerprint density at radius 3 is 2.67 bits per heavy atom. The molecule has 0 spiro atoms. The third-order valence-corrected chi connectivity index (χ3v) is 6.92. The lowest BCUT2D eigenvalue weighted by Gasteiger charge is -2.19. The molecule has 1 heterocycles. The molecule has 2 atom stereocenters. The summed E-state index contributed by atoms with van der Waals surface area (Å²) in [5.74, 6) is 0.797. The zero-order valence-electron chi connectivity index (χ0n) is 9.65. The largest absolute Gasteiger partial charge is 0.462 e. The molecule has 0 radical (unpaired) electrons. The van der Waals surface area contributed by atoms with E-state index in [0.29, 0.717) is 0 Å². The Balaban J connectivity index is 2.40. The maximum absolute atomic E-state index is 11.6. The van der Waals surface area contributed by atoms with Crippen LogP contribution < -0.4 is 5.09 Å². The zero-order chi connectivity index (χ0) is 11.5. The van der Waals surface area contributed by atoms with Gasteiger partial charge < -0.3 is 4.74 Å². The second kappa shape index (κ2) is 5.48. The van der Waals surface area contributed by atoms with E-state index in [-0.39, 0.29) is 18.1 Å². The fraction of sp³-hybridized carbons (Fsp3) is 0.889. The molecular formula is C9H19NO3PS+. The van der Waals surface area contributed by atoms with Crippen molar-refractivity contribution < 1.29 is 14.1 Å². The number of carbonyl (C=O) groups is 1. The van der Waals surface area contributed by atoms with Crippen molar-refractivity contribution in [3.63, 3.8) is 0 Å². The highest BCUT2D eigenvalue weighted by atomic mass is 32.7. The minimum Gasteiger partial charge on any atom is -0.462 e. The van der Waals surface area contributed by atoms with E-state index in [2.05, 4.69) is 5.09 Å². The summed E-state index contributed by atoms with van der Waals surface area (Å²) in [4.78, 5) is 11.6. The zero-order valence-corrected chi connectivity index (χ0v) is 11.4. The van der Waals surface area contributed by atoms with E-state index in [1.165, 1.54) is 0 Å². The lowest BCUT2D eigenvalue weighted by Crippen LogP contribution is -2.35. The van der Waals surface area contributed by atoms with E-state index in [1.807, 2.05) is 27.4 Å². The van der Waals surface area contributed by atoms with Gasteiger partial charge in [-0.1, -0.05) is 0 Å². The summed E-state index contributed by atoms with van der Waals surface area (Å²) < 4.78 is 10.7. The molecule has 0 aromatic rings. The Morgan fingerprint density at radius 2 is 2.20 bits per heavy atom. The minimum atomic E-state index is -1.61. The predicted molar refractivity (Wildman–Crippen MR) is 65.1 cm³/mol. The summed E-state index contributed by atoms with van der Waals surface area (Å²) in [7, 11) is 0. The number of esters is 1. The minimum absolute atomic E-state index is 0.0648. The molecule has 1 aliphatic rings. The molecule has 1 saturated heterocycles. The average molecular weight is 252 g/mol. The van der Waals surface area contributed by atoms with Gasteiger partial charge in [-0.15, -0.1) is 5.09 Å². The fourth-order valence-electron chi connectivity index (χ4n) is 1.27. The van der Waals surface area contributed by atoms with Crippen molar-refractivity contribution in [2.45, 2.75) is 32.9 Å². The summed E-state index contributed by atoms with van der Waals surface area (Å²) >= 11 is 1.78. The molecule has 15 heavy (non-hydrogen) atoms. The van der Waals surface area contributed by atoms with Crippen LogP contribution in [0, 0.1) is 0 Å². The Kier molecular flexibility index (Phi) is 4.84. The van der Waals surface area contributed by atoms with Gasteiger partial charge in [0.25, 0.3) is 6.84 Å². The van der Waals surface area contributed by atoms with Crippen LogP contribution in [0.5, 0.6) is 0 Å². The van der Waals surface area contributed by atoms with Crippen molar-refractivity contribution in [1.29, 1.82) is 0 Å². The van der Waals surface area contributed by atoms with Crippen LogP contribution in [-0.2, 0) is 14.1 Å². The van der Waals surface area contributed by atoms with Gasteiger partial charge in [-0.25, -0.2) is 4.52 Å². The molecule has 1 fully saturated rings. The quantitative estimate of drug-likeness (QED) is 0.613. The van der Waals surface area contributed by atoms with E-state index in [4.69, 9.17) is 9.26 Å². The van der Waals surface area contributed by atoms with Crippen LogP contribution in [0.3, 0.4) is 0 Å². The third kappa shape index (κ3) is 4.27. The van der Waals surface area contributed by atoms with Crippen molar-refractivity contribution in [3.05, 3.63) is 0 Å². The SMILES string of the molecule is CC(C)OC(=O)C(C)N[P+]1(C)OCCS1. The van der Waals surface area contributed by atoms with Gasteiger partial charge in [0.05, 0.1) is 23.2 Å². The van der Waals surface area contributed by atoms with Crippen LogP contribution in [0.15, 0.2) is 0 Å². The van der Waals surface area contributed by atoms with Crippen molar-refractivity contribution in [1.82, 2.24) is 5.09 Å². The van der Waals surface area contributed by atoms with E-state index < -0.39 is 6.84 Å². The van der Waals surface area contributed by atoms with Crippen LogP contribution in [0.25, 0.3) is 0 Å². The van der Waals surface area contributed by atoms with Crippen LogP contribution in [-0.4, -0.2) is 37.1 Å². The Bertz CT molecular complexity index is 231. The molecule has 1 N–H and O–H groups in total. The van der Waals surface area contributed by atoms with Gasteiger partial charge >= 0.3 is 5.97 Å². The van der Waals surface area contributed by atoms with Gasteiger partial charge in [0.1, 0.15) is 19.3 Å². The first-order valence-corrected chi connectivity index (χ1v) is 8.81. The highest BCUT2D eigenvalue weighted by molar-refractivity contribution is 8.60. The van der Waals surface area contributed by atoms with Crippen molar-refractivity contribution >= 4 is 24.2 Å². The lowest BCUT2D eigenvalue weighted by atomic mass is 10.4. The summed E-state index contributed by atoms with van der Waals surface area (Å²) in [5.41, 5.74) is 0. The van der Waals surface area contributed by atoms with Crippen LogP contribution >= 0.6 is 18.2 Å². The molecule has 0 saturated carbocycles. The highest BCUT2D eigenvalue weighted by Crippen LogP contribution is 2.68. The Morgan fingerprint density at radius 1 is 1.53 bits per heavy atom. The van der Waals surface area contributed by atoms with Crippen LogP contribution in [0.2, 0.25) is 0 Å². The smallest absolute Gasteiger partial charge is 0.326 e. The molecule has 0 aliphatic carbocycles. The number of hydrogen-bond acceptors (Lipinski definition) is 5. The maximum atomic E-state index is 11.6. The van der Waals surface area contributed by atoms with Gasteiger partial charge in [-0.3, -0.25) is 4.79 Å². The summed E-state index contributed by atoms with van der Waals surface area (Å²) in [6, 6.07) is -0.295. The predicted octanol–water partition coefficient (Wildman–Crippen LogP) is 2.07. The third-order valence-electron chi connectivity index (χ3n) is 1.89. The maximum Gasteiger partial charge on any atom is 0.326 e. The first-order valence-electron chi connectivity index (χ1n) is 5.07. The van der Waals surface area contributed by atoms with Gasteiger partial charge in [-0.05, 0) is 20.8 Å². The van der Waals surface area contributed by atoms with Gasteiger partial charge in [0.2, 0.25) is 0 Å². The number of nitrogens with one attached hydrogen (secondary N) is 1. The summed E-state index contributed by atoms with van der Waals surface area (Å²) in [6.07, 6.45) is -0.0648. The molecule has 1 rings (SSSR count). The highest BCUT2D eigenvalue weighted by Gasteiger charge is 2.43. The van der Waals surface area contributed by atoms with Crippen molar-refractivity contribution in [3.8, 4) is 0 Å². The number of rotatable bonds is 4. The molecule has 4 nitrogen and oxygen atoms in total. The second-order valence-corrected chi connectivity index (χ2v) is 9.59. The lowest BCUT2D eigenvalue weighted by molar-refractivity contribution is -0.148. The number of carbonyl (C=O) groups excluding carboxylic acids is 1. The normalized spacial score (nSPS) is 28.1. The molecule has 0 aromatic carbocycles. The van der Waals surface area contributed by atoms with Gasteiger partial charge in [0, 0.05) is 0 Å². The molecular weight excluding hydrogens is 233 g/mol. The van der Waals surface area contributed by atoms with Crippen LogP contribution in [0.1, 0.15) is 20.8 Å². The molecule has 0 bridgehead atoms. The molecule has 1 aliphatic heterocycles. The van der Waals surface area contributed by atoms with E-state index in [1.54, 1.807) is 11.4 Å². The number of hydrogen-bond donors (Lipinski definition) is 1. The number of ether oxygens (including phenoxy) is 1. The van der Waals surface area contributed by atoms with E-state index in [0.717, 1.165) is 12.4 Å². The van der Waals surface area contributed by atoms with Crippen molar-refractivity contribution in [2.24, 2.45) is 0 Å². The van der Waals surface area contributed by atoms with Gasteiger partial charge in [0.15, 0.2) is 0 Å². The molecule has 88 valence electrons. The molecule has 0 amide bonds. The summed E-state index contributed by atoms with van der Waals surface area (Å²) in [5, 5.41) is 3.24. The second-order valence-electron chi connectivity index (χ2n) is 3.85. The Labute approximate surface area is 95.7 Å². The summed E-state index contributed by atoms with van der Waals surface area (Å²) in [6.45, 7) is 6.73. The van der Waals surface area contributed by atoms with Gasteiger partial charge in [-0.2, -0.15) is 0 Å². The van der Waals surface area contributed by atoms with Crippen molar-refractivity contribution in [2.75, 3.05) is 19.0 Å².